The lowest BCUT2D eigenvalue weighted by molar-refractivity contribution is -0.147. The van der Waals surface area contributed by atoms with Gasteiger partial charge in [0.2, 0.25) is 0 Å². The van der Waals surface area contributed by atoms with Crippen LogP contribution >= 0.6 is 0 Å². The van der Waals surface area contributed by atoms with Crippen LogP contribution in [0.25, 0.3) is 0 Å². The summed E-state index contributed by atoms with van der Waals surface area (Å²) in [6, 6.07) is 0.145. The Labute approximate surface area is 113 Å². The van der Waals surface area contributed by atoms with E-state index >= 15 is 0 Å². The van der Waals surface area contributed by atoms with Crippen LogP contribution < -0.4 is 0 Å². The van der Waals surface area contributed by atoms with Crippen LogP contribution in [0.4, 0.5) is 0 Å². The van der Waals surface area contributed by atoms with E-state index in [1.54, 1.807) is 0 Å². The molecule has 0 bridgehead atoms. The molecule has 0 heterocycles. The zero-order valence-electron chi connectivity index (χ0n) is 11.7. The zero-order valence-corrected chi connectivity index (χ0v) is 12.7. The molecule has 0 aromatic carbocycles. The predicted octanol–water partition coefficient (Wildman–Crippen LogP) is 1.04. The Morgan fingerprint density at radius 1 is 0.895 bits per heavy atom. The fourth-order valence-electron chi connectivity index (χ4n) is 1.41. The van der Waals surface area contributed by atoms with Crippen molar-refractivity contribution in [3.8, 4) is 0 Å². The first-order valence-corrected chi connectivity index (χ1v) is 7.91. The highest BCUT2D eigenvalue weighted by molar-refractivity contribution is 6.65. The molecule has 0 fully saturated rings. The predicted molar refractivity (Wildman–Crippen MR) is 67.0 cm³/mol. The van der Waals surface area contributed by atoms with Gasteiger partial charge >= 0.3 is 8.80 Å². The summed E-state index contributed by atoms with van der Waals surface area (Å²) in [5.74, 6) is -1.98. The first-order valence-electron chi connectivity index (χ1n) is 5.98. The van der Waals surface area contributed by atoms with Crippen LogP contribution in [0.15, 0.2) is 0 Å². The van der Waals surface area contributed by atoms with E-state index in [-0.39, 0.29) is 6.04 Å². The molecular formula is C11H20O7Si. The Morgan fingerprint density at radius 2 is 1.32 bits per heavy atom. The van der Waals surface area contributed by atoms with Crippen molar-refractivity contribution in [3.63, 3.8) is 0 Å². The monoisotopic (exact) mass is 292 g/mol. The number of ether oxygens (including phenoxy) is 1. The molecule has 0 radical (unpaired) electrons. The third-order valence-corrected chi connectivity index (χ3v) is 4.63. The van der Waals surface area contributed by atoms with E-state index in [2.05, 4.69) is 0 Å². The van der Waals surface area contributed by atoms with Gasteiger partial charge in [-0.3, -0.25) is 14.4 Å². The van der Waals surface area contributed by atoms with Gasteiger partial charge in [0, 0.05) is 34.0 Å². The van der Waals surface area contributed by atoms with E-state index in [4.69, 9.17) is 18.0 Å². The van der Waals surface area contributed by atoms with E-state index in [0.29, 0.717) is 19.6 Å². The third kappa shape index (κ3) is 8.33. The van der Waals surface area contributed by atoms with Crippen LogP contribution in [0.1, 0.15) is 34.1 Å². The van der Waals surface area contributed by atoms with Gasteiger partial charge in [-0.15, -0.1) is 0 Å². The van der Waals surface area contributed by atoms with E-state index in [1.807, 2.05) is 6.92 Å². The number of hydrogen-bond donors (Lipinski definition) is 0. The smallest absolute Gasteiger partial charge is 0.455 e. The van der Waals surface area contributed by atoms with Crippen molar-refractivity contribution >= 4 is 26.7 Å². The first kappa shape index (κ1) is 17.6. The van der Waals surface area contributed by atoms with E-state index < -0.39 is 26.7 Å². The van der Waals surface area contributed by atoms with Gasteiger partial charge in [-0.05, 0) is 13.3 Å². The molecule has 0 amide bonds. The molecule has 0 unspecified atom stereocenters. The second-order valence-electron chi connectivity index (χ2n) is 3.76. The van der Waals surface area contributed by atoms with Crippen LogP contribution in [0.2, 0.25) is 6.04 Å². The fourth-order valence-corrected chi connectivity index (χ4v) is 3.73. The topological polar surface area (TPSA) is 88.1 Å². The Hall–Kier alpha value is -1.41. The lowest BCUT2D eigenvalue weighted by atomic mass is 10.5. The Kier molecular flexibility index (Phi) is 8.00. The third-order valence-electron chi connectivity index (χ3n) is 1.87. The molecule has 19 heavy (non-hydrogen) atoms. The number of hydrogen-bond acceptors (Lipinski definition) is 7. The lowest BCUT2D eigenvalue weighted by Gasteiger charge is -2.26. The molecule has 0 aliphatic rings. The summed E-state index contributed by atoms with van der Waals surface area (Å²) in [7, 11) is -3.66. The van der Waals surface area contributed by atoms with Crippen molar-refractivity contribution in [2.24, 2.45) is 0 Å². The SMILES string of the molecule is CCOCCC[Si](OC(C)=O)(OC(C)=O)OC(C)=O. The summed E-state index contributed by atoms with van der Waals surface area (Å²) in [5.41, 5.74) is 0. The molecule has 0 atom stereocenters. The van der Waals surface area contributed by atoms with Crippen LogP contribution in [-0.2, 0) is 32.4 Å². The van der Waals surface area contributed by atoms with E-state index in [0.717, 1.165) is 20.8 Å². The van der Waals surface area contributed by atoms with Crippen LogP contribution in [0.3, 0.4) is 0 Å². The lowest BCUT2D eigenvalue weighted by Crippen LogP contribution is -2.49. The maximum Gasteiger partial charge on any atom is 0.705 e. The van der Waals surface area contributed by atoms with Crippen molar-refractivity contribution in [2.75, 3.05) is 13.2 Å². The quantitative estimate of drug-likeness (QED) is 0.488. The fraction of sp³-hybridized carbons (Fsp3) is 0.727. The first-order chi connectivity index (χ1) is 8.81. The summed E-state index contributed by atoms with van der Waals surface area (Å²) in [5, 5.41) is 0. The molecule has 0 spiro atoms. The minimum atomic E-state index is -3.66. The standard InChI is InChI=1S/C11H20O7Si/c1-5-15-7-6-8-19(16-9(2)12,17-10(3)13)18-11(4)14/h5-8H2,1-4H3. The number of rotatable bonds is 8. The molecule has 0 saturated carbocycles. The Balaban J connectivity index is 4.82. The van der Waals surface area contributed by atoms with Gasteiger partial charge in [0.15, 0.2) is 0 Å². The molecule has 8 heteroatoms. The number of carbonyl (C=O) groups excluding carboxylic acids is 3. The van der Waals surface area contributed by atoms with Gasteiger partial charge in [-0.25, -0.2) is 0 Å². The molecule has 0 aromatic heterocycles. The minimum absolute atomic E-state index is 0.145. The van der Waals surface area contributed by atoms with Crippen molar-refractivity contribution in [1.29, 1.82) is 0 Å². The van der Waals surface area contributed by atoms with Crippen LogP contribution in [0.5, 0.6) is 0 Å². The van der Waals surface area contributed by atoms with Gasteiger partial charge in [0.1, 0.15) is 0 Å². The van der Waals surface area contributed by atoms with Crippen molar-refractivity contribution in [1.82, 2.24) is 0 Å². The Morgan fingerprint density at radius 3 is 1.63 bits per heavy atom. The van der Waals surface area contributed by atoms with E-state index in [1.165, 1.54) is 0 Å². The van der Waals surface area contributed by atoms with Crippen LogP contribution in [-0.4, -0.2) is 39.9 Å². The van der Waals surface area contributed by atoms with Gasteiger partial charge in [-0.1, -0.05) is 0 Å². The summed E-state index contributed by atoms with van der Waals surface area (Å²) in [4.78, 5) is 33.3. The molecule has 0 aliphatic heterocycles. The zero-order chi connectivity index (χ0) is 14.9. The van der Waals surface area contributed by atoms with Crippen molar-refractivity contribution < 1.29 is 32.4 Å². The average Bonchev–Trinajstić information content (AvgIpc) is 2.21. The van der Waals surface area contributed by atoms with Gasteiger partial charge in [0.25, 0.3) is 17.9 Å². The van der Waals surface area contributed by atoms with E-state index in [9.17, 15) is 14.4 Å². The maximum absolute atomic E-state index is 11.1. The molecule has 110 valence electrons. The minimum Gasteiger partial charge on any atom is -0.455 e. The molecule has 0 aliphatic carbocycles. The number of carbonyl (C=O) groups is 3. The summed E-state index contributed by atoms with van der Waals surface area (Å²) in [6.07, 6.45) is 0.452. The molecule has 0 N–H and O–H groups in total. The molecule has 0 rings (SSSR count). The highest BCUT2D eigenvalue weighted by Crippen LogP contribution is 2.19. The molecule has 0 saturated heterocycles. The Bertz CT molecular complexity index is 288. The van der Waals surface area contributed by atoms with Gasteiger partial charge in [0.05, 0.1) is 6.04 Å². The van der Waals surface area contributed by atoms with Crippen molar-refractivity contribution in [2.45, 2.75) is 40.2 Å². The summed E-state index contributed by atoms with van der Waals surface area (Å²) < 4.78 is 20.1. The normalized spacial score (nSPS) is 10.7. The second kappa shape index (κ2) is 8.65. The van der Waals surface area contributed by atoms with Gasteiger partial charge in [-0.2, -0.15) is 0 Å². The highest BCUT2D eigenvalue weighted by atomic mass is 28.4. The largest absolute Gasteiger partial charge is 0.705 e. The summed E-state index contributed by atoms with van der Waals surface area (Å²) in [6.45, 7) is 6.28. The average molecular weight is 292 g/mol. The summed E-state index contributed by atoms with van der Waals surface area (Å²) >= 11 is 0. The van der Waals surface area contributed by atoms with Crippen molar-refractivity contribution in [3.05, 3.63) is 0 Å². The molecule has 0 aromatic rings. The second-order valence-corrected chi connectivity index (χ2v) is 6.24. The molecular weight excluding hydrogens is 272 g/mol. The highest BCUT2D eigenvalue weighted by Gasteiger charge is 2.51. The van der Waals surface area contributed by atoms with Gasteiger partial charge < -0.3 is 18.0 Å². The van der Waals surface area contributed by atoms with Crippen LogP contribution in [0, 0.1) is 0 Å². The molecule has 7 nitrogen and oxygen atoms in total. The maximum atomic E-state index is 11.1.